The van der Waals surface area contributed by atoms with Crippen LogP contribution < -0.4 is 0 Å². The smallest absolute Gasteiger partial charge is 0.180 e. The molecular weight excluding hydrogens is 180 g/mol. The summed E-state index contributed by atoms with van der Waals surface area (Å²) >= 11 is 0. The highest BCUT2D eigenvalue weighted by Crippen LogP contribution is 2.13. The molecule has 0 amide bonds. The van der Waals surface area contributed by atoms with Gasteiger partial charge in [-0.1, -0.05) is 0 Å². The van der Waals surface area contributed by atoms with Crippen LogP contribution in [0.4, 0.5) is 0 Å². The fraction of sp³-hybridized carbons (Fsp3) is 0.700. The Morgan fingerprint density at radius 2 is 2.14 bits per heavy atom. The fourth-order valence-corrected chi connectivity index (χ4v) is 1.95. The Morgan fingerprint density at radius 1 is 1.43 bits per heavy atom. The van der Waals surface area contributed by atoms with Crippen molar-refractivity contribution in [2.45, 2.75) is 32.6 Å². The van der Waals surface area contributed by atoms with Crippen molar-refractivity contribution in [2.75, 3.05) is 13.1 Å². The highest BCUT2D eigenvalue weighted by molar-refractivity contribution is 4.89. The molecule has 0 spiro atoms. The second-order valence-corrected chi connectivity index (χ2v) is 3.92. The van der Waals surface area contributed by atoms with Gasteiger partial charge < -0.3 is 9.15 Å². The molecule has 0 saturated carbocycles. The number of hydrogen-bond donors (Lipinski definition) is 0. The van der Waals surface area contributed by atoms with Crippen molar-refractivity contribution in [2.24, 2.45) is 0 Å². The zero-order chi connectivity index (χ0) is 9.97. The maximum absolute atomic E-state index is 5.65. The molecule has 1 fully saturated rings. The third-order valence-electron chi connectivity index (χ3n) is 2.36. The van der Waals surface area contributed by atoms with Crippen LogP contribution >= 0.6 is 0 Å². The maximum atomic E-state index is 5.65. The Kier molecular flexibility index (Phi) is 2.84. The fourth-order valence-electron chi connectivity index (χ4n) is 1.95. The number of oxazole rings is 1. The van der Waals surface area contributed by atoms with Gasteiger partial charge in [0.15, 0.2) is 6.39 Å². The third kappa shape index (κ3) is 2.33. The van der Waals surface area contributed by atoms with Crippen LogP contribution in [0.15, 0.2) is 17.0 Å². The van der Waals surface area contributed by atoms with E-state index in [1.165, 1.54) is 6.39 Å². The van der Waals surface area contributed by atoms with Gasteiger partial charge in [-0.25, -0.2) is 4.98 Å². The molecule has 2 rings (SSSR count). The van der Waals surface area contributed by atoms with Gasteiger partial charge in [-0.3, -0.25) is 4.90 Å². The zero-order valence-electron chi connectivity index (χ0n) is 8.64. The molecule has 4 nitrogen and oxygen atoms in total. The molecule has 2 heterocycles. The molecule has 0 aromatic carbocycles. The average molecular weight is 196 g/mol. The minimum absolute atomic E-state index is 0.307. The minimum atomic E-state index is 0.307. The van der Waals surface area contributed by atoms with E-state index in [-0.39, 0.29) is 0 Å². The van der Waals surface area contributed by atoms with Crippen LogP contribution in [0.3, 0.4) is 0 Å². The van der Waals surface area contributed by atoms with E-state index in [9.17, 15) is 0 Å². The van der Waals surface area contributed by atoms with Crippen molar-refractivity contribution in [1.29, 1.82) is 0 Å². The SMILES string of the molecule is C[C@@H]1CN(Cc2cnco2)C[C@H](C)O1. The molecule has 0 N–H and O–H groups in total. The van der Waals surface area contributed by atoms with Crippen LogP contribution in [0.2, 0.25) is 0 Å². The first-order valence-corrected chi connectivity index (χ1v) is 4.99. The monoisotopic (exact) mass is 196 g/mol. The number of aromatic nitrogens is 1. The van der Waals surface area contributed by atoms with E-state index in [1.807, 2.05) is 0 Å². The van der Waals surface area contributed by atoms with Crippen LogP contribution in [0, 0.1) is 0 Å². The van der Waals surface area contributed by atoms with Crippen molar-refractivity contribution in [3.05, 3.63) is 18.4 Å². The largest absolute Gasteiger partial charge is 0.447 e. The summed E-state index contributed by atoms with van der Waals surface area (Å²) in [4.78, 5) is 6.23. The van der Waals surface area contributed by atoms with Crippen LogP contribution in [0.25, 0.3) is 0 Å². The Balaban J connectivity index is 1.91. The Hall–Kier alpha value is -0.870. The number of morpholine rings is 1. The van der Waals surface area contributed by atoms with Gasteiger partial charge in [0.05, 0.1) is 24.9 Å². The first-order chi connectivity index (χ1) is 6.74. The third-order valence-corrected chi connectivity index (χ3v) is 2.36. The molecule has 1 aliphatic rings. The lowest BCUT2D eigenvalue weighted by atomic mass is 10.2. The molecule has 14 heavy (non-hydrogen) atoms. The van der Waals surface area contributed by atoms with Crippen molar-refractivity contribution >= 4 is 0 Å². The van der Waals surface area contributed by atoms with Gasteiger partial charge in [-0.2, -0.15) is 0 Å². The number of rotatable bonds is 2. The topological polar surface area (TPSA) is 38.5 Å². The molecule has 4 heteroatoms. The second kappa shape index (κ2) is 4.11. The second-order valence-electron chi connectivity index (χ2n) is 3.92. The van der Waals surface area contributed by atoms with Crippen molar-refractivity contribution in [1.82, 2.24) is 9.88 Å². The highest BCUT2D eigenvalue weighted by atomic mass is 16.5. The van der Waals surface area contributed by atoms with E-state index in [2.05, 4.69) is 23.7 Å². The molecule has 0 radical (unpaired) electrons. The highest BCUT2D eigenvalue weighted by Gasteiger charge is 2.22. The van der Waals surface area contributed by atoms with E-state index in [1.54, 1.807) is 6.20 Å². The van der Waals surface area contributed by atoms with Gasteiger partial charge in [0.1, 0.15) is 5.76 Å². The predicted molar refractivity (Wildman–Crippen MR) is 51.8 cm³/mol. The molecule has 0 bridgehead atoms. The van der Waals surface area contributed by atoms with Crippen molar-refractivity contribution < 1.29 is 9.15 Å². The summed E-state index contributed by atoms with van der Waals surface area (Å²) in [6.45, 7) is 6.96. The van der Waals surface area contributed by atoms with Gasteiger partial charge in [0, 0.05) is 13.1 Å². The lowest BCUT2D eigenvalue weighted by Crippen LogP contribution is -2.44. The number of hydrogen-bond acceptors (Lipinski definition) is 4. The molecule has 1 aromatic rings. The van der Waals surface area contributed by atoms with E-state index in [4.69, 9.17) is 9.15 Å². The van der Waals surface area contributed by atoms with Gasteiger partial charge in [0.25, 0.3) is 0 Å². The zero-order valence-corrected chi connectivity index (χ0v) is 8.64. The summed E-state index contributed by atoms with van der Waals surface area (Å²) in [6.07, 6.45) is 3.86. The van der Waals surface area contributed by atoms with Gasteiger partial charge in [-0.15, -0.1) is 0 Å². The van der Waals surface area contributed by atoms with Crippen molar-refractivity contribution in [3.8, 4) is 0 Å². The standard InChI is InChI=1S/C10H16N2O2/c1-8-4-12(5-9(2)14-8)6-10-3-11-7-13-10/h3,7-9H,4-6H2,1-2H3/t8-,9+. The summed E-state index contributed by atoms with van der Waals surface area (Å²) in [7, 11) is 0. The lowest BCUT2D eigenvalue weighted by molar-refractivity contribution is -0.0718. The molecule has 1 saturated heterocycles. The Bertz CT molecular complexity index is 264. The van der Waals surface area contributed by atoms with Crippen LogP contribution in [0.1, 0.15) is 19.6 Å². The minimum Gasteiger partial charge on any atom is -0.447 e. The van der Waals surface area contributed by atoms with Gasteiger partial charge in [0.2, 0.25) is 0 Å². The molecule has 1 aromatic heterocycles. The predicted octanol–water partition coefficient (Wildman–Crippen LogP) is 1.28. The number of ether oxygens (including phenoxy) is 1. The summed E-state index contributed by atoms with van der Waals surface area (Å²) < 4.78 is 10.9. The van der Waals surface area contributed by atoms with E-state index >= 15 is 0 Å². The van der Waals surface area contributed by atoms with E-state index in [0.29, 0.717) is 12.2 Å². The van der Waals surface area contributed by atoms with E-state index < -0.39 is 0 Å². The van der Waals surface area contributed by atoms with Crippen molar-refractivity contribution in [3.63, 3.8) is 0 Å². The molecular formula is C10H16N2O2. The summed E-state index contributed by atoms with van der Waals surface area (Å²) in [5, 5.41) is 0. The van der Waals surface area contributed by atoms with Crippen LogP contribution in [-0.4, -0.2) is 35.2 Å². The van der Waals surface area contributed by atoms with E-state index in [0.717, 1.165) is 25.4 Å². The van der Waals surface area contributed by atoms with Gasteiger partial charge >= 0.3 is 0 Å². The number of nitrogens with zero attached hydrogens (tertiary/aromatic N) is 2. The first-order valence-electron chi connectivity index (χ1n) is 4.99. The molecule has 78 valence electrons. The normalized spacial score (nSPS) is 29.3. The van der Waals surface area contributed by atoms with Gasteiger partial charge in [-0.05, 0) is 13.8 Å². The van der Waals surface area contributed by atoms with Crippen LogP contribution in [-0.2, 0) is 11.3 Å². The molecule has 2 atom stereocenters. The summed E-state index contributed by atoms with van der Waals surface area (Å²) in [5.74, 6) is 0.922. The molecule has 0 unspecified atom stereocenters. The Labute approximate surface area is 83.9 Å². The quantitative estimate of drug-likeness (QED) is 0.714. The van der Waals surface area contributed by atoms with Crippen LogP contribution in [0.5, 0.6) is 0 Å². The lowest BCUT2D eigenvalue weighted by Gasteiger charge is -2.34. The molecule has 0 aliphatic carbocycles. The summed E-state index contributed by atoms with van der Waals surface area (Å²) in [5.41, 5.74) is 0. The summed E-state index contributed by atoms with van der Waals surface area (Å²) in [6, 6.07) is 0. The Morgan fingerprint density at radius 3 is 2.71 bits per heavy atom. The first kappa shape index (κ1) is 9.68. The maximum Gasteiger partial charge on any atom is 0.180 e. The average Bonchev–Trinajstić information content (AvgIpc) is 2.54. The molecule has 1 aliphatic heterocycles.